The number of aliphatic hydroxyl groups excluding tert-OH is 1. The van der Waals surface area contributed by atoms with Crippen molar-refractivity contribution in [3.05, 3.63) is 11.8 Å². The van der Waals surface area contributed by atoms with Gasteiger partial charge in [-0.15, -0.1) is 11.6 Å². The zero-order chi connectivity index (χ0) is 16.2. The molecule has 0 saturated carbocycles. The Hall–Kier alpha value is -1.66. The summed E-state index contributed by atoms with van der Waals surface area (Å²) in [5.74, 6) is 9.35. The summed E-state index contributed by atoms with van der Waals surface area (Å²) in [6.45, 7) is 3.19. The molecule has 1 N–H and O–H groups in total. The number of hydrogen-bond acceptors (Lipinski definition) is 5. The molecule has 2 aliphatic heterocycles. The van der Waals surface area contributed by atoms with Crippen LogP contribution in [0.5, 0.6) is 0 Å². The lowest BCUT2D eigenvalue weighted by Gasteiger charge is -2.37. The van der Waals surface area contributed by atoms with E-state index < -0.39 is 17.3 Å². The van der Waals surface area contributed by atoms with Crippen molar-refractivity contribution in [2.75, 3.05) is 6.61 Å². The maximum Gasteiger partial charge on any atom is 0.302 e. The normalized spacial score (nSPS) is 35.1. The first-order chi connectivity index (χ1) is 10.5. The number of esters is 1. The van der Waals surface area contributed by atoms with Gasteiger partial charge < -0.3 is 19.3 Å². The quantitative estimate of drug-likeness (QED) is 0.448. The summed E-state index contributed by atoms with van der Waals surface area (Å²) in [6.07, 6.45) is 1.04. The highest BCUT2D eigenvalue weighted by atomic mass is 35.5. The summed E-state index contributed by atoms with van der Waals surface area (Å²) in [5, 5.41) is 9.57. The minimum Gasteiger partial charge on any atom is -0.461 e. The van der Waals surface area contributed by atoms with Crippen molar-refractivity contribution in [3.63, 3.8) is 0 Å². The molecule has 0 aromatic rings. The van der Waals surface area contributed by atoms with Gasteiger partial charge in [0.25, 0.3) is 0 Å². The van der Waals surface area contributed by atoms with Gasteiger partial charge >= 0.3 is 5.97 Å². The van der Waals surface area contributed by atoms with Crippen molar-refractivity contribution in [2.24, 2.45) is 0 Å². The summed E-state index contributed by atoms with van der Waals surface area (Å²) in [5.41, 5.74) is 0. The molecular formula is C16H17ClO5. The maximum absolute atomic E-state index is 10.9. The zero-order valence-corrected chi connectivity index (χ0v) is 13.1. The molecule has 4 atom stereocenters. The lowest BCUT2D eigenvalue weighted by atomic mass is 9.98. The smallest absolute Gasteiger partial charge is 0.302 e. The Morgan fingerprint density at radius 2 is 2.32 bits per heavy atom. The molecule has 0 radical (unpaired) electrons. The molecule has 2 heterocycles. The van der Waals surface area contributed by atoms with Crippen LogP contribution in [0.4, 0.5) is 0 Å². The number of aliphatic hydroxyl groups is 1. The molecule has 0 aromatic heterocycles. The van der Waals surface area contributed by atoms with E-state index in [1.54, 1.807) is 6.92 Å². The minimum atomic E-state index is -1.20. The van der Waals surface area contributed by atoms with Crippen molar-refractivity contribution in [2.45, 2.75) is 50.1 Å². The molecule has 5 nitrogen and oxygen atoms in total. The van der Waals surface area contributed by atoms with Crippen molar-refractivity contribution >= 4 is 17.6 Å². The van der Waals surface area contributed by atoms with Crippen LogP contribution in [0.15, 0.2) is 11.8 Å². The molecule has 2 fully saturated rings. The van der Waals surface area contributed by atoms with E-state index in [0.29, 0.717) is 18.6 Å². The molecule has 22 heavy (non-hydrogen) atoms. The van der Waals surface area contributed by atoms with Crippen molar-refractivity contribution < 1.29 is 24.1 Å². The molecule has 0 bridgehead atoms. The number of carbonyl (C=O) groups excluding carboxylic acids is 1. The molecular weight excluding hydrogens is 308 g/mol. The van der Waals surface area contributed by atoms with Gasteiger partial charge in [-0.05, 0) is 25.2 Å². The molecule has 2 rings (SSSR count). The van der Waals surface area contributed by atoms with E-state index in [9.17, 15) is 9.90 Å². The van der Waals surface area contributed by atoms with Crippen molar-refractivity contribution in [1.29, 1.82) is 0 Å². The molecule has 6 heteroatoms. The monoisotopic (exact) mass is 324 g/mol. The molecule has 2 saturated heterocycles. The van der Waals surface area contributed by atoms with Crippen LogP contribution >= 0.6 is 11.6 Å². The van der Waals surface area contributed by atoms with Gasteiger partial charge in [-0.1, -0.05) is 11.8 Å². The Morgan fingerprint density at radius 1 is 1.55 bits per heavy atom. The molecule has 2 aliphatic rings. The molecule has 0 aromatic carbocycles. The predicted octanol–water partition coefficient (Wildman–Crippen LogP) is 1.33. The van der Waals surface area contributed by atoms with Crippen LogP contribution in [-0.4, -0.2) is 41.1 Å². The van der Waals surface area contributed by atoms with E-state index in [0.717, 1.165) is 0 Å². The Labute approximate surface area is 134 Å². The van der Waals surface area contributed by atoms with Gasteiger partial charge in [0.15, 0.2) is 0 Å². The number of allylic oxidation sites excluding steroid dienone is 1. The van der Waals surface area contributed by atoms with Gasteiger partial charge in [0.1, 0.15) is 23.3 Å². The van der Waals surface area contributed by atoms with Gasteiger partial charge in [0.05, 0.1) is 6.61 Å². The molecule has 118 valence electrons. The highest BCUT2D eigenvalue weighted by Gasteiger charge is 2.55. The van der Waals surface area contributed by atoms with Crippen LogP contribution in [0.1, 0.15) is 26.7 Å². The third-order valence-electron chi connectivity index (χ3n) is 3.43. The number of alkyl halides is 1. The van der Waals surface area contributed by atoms with Gasteiger partial charge in [0.2, 0.25) is 5.79 Å². The molecule has 0 unspecified atom stereocenters. The fourth-order valence-electron chi connectivity index (χ4n) is 2.40. The number of halogens is 1. The van der Waals surface area contributed by atoms with Crippen LogP contribution in [0.2, 0.25) is 0 Å². The summed E-state index contributed by atoms with van der Waals surface area (Å²) >= 11 is 6.17. The highest BCUT2D eigenvalue weighted by molar-refractivity contribution is 6.23. The Balaban J connectivity index is 2.06. The number of ether oxygens (including phenoxy) is 3. The average molecular weight is 325 g/mol. The van der Waals surface area contributed by atoms with Crippen LogP contribution in [0, 0.1) is 23.7 Å². The van der Waals surface area contributed by atoms with Gasteiger partial charge in [0, 0.05) is 19.4 Å². The van der Waals surface area contributed by atoms with E-state index in [4.69, 9.17) is 25.8 Å². The van der Waals surface area contributed by atoms with Crippen LogP contribution < -0.4 is 0 Å². The summed E-state index contributed by atoms with van der Waals surface area (Å²) in [7, 11) is 0. The van der Waals surface area contributed by atoms with Gasteiger partial charge in [-0.25, -0.2) is 0 Å². The van der Waals surface area contributed by atoms with Gasteiger partial charge in [-0.3, -0.25) is 4.79 Å². The third kappa shape index (κ3) is 3.56. The predicted molar refractivity (Wildman–Crippen MR) is 79.5 cm³/mol. The maximum atomic E-state index is 10.9. The number of rotatable bonds is 1. The largest absolute Gasteiger partial charge is 0.461 e. The lowest BCUT2D eigenvalue weighted by molar-refractivity contribution is -0.271. The van der Waals surface area contributed by atoms with E-state index in [-0.39, 0.29) is 18.7 Å². The number of carbonyl (C=O) groups is 1. The van der Waals surface area contributed by atoms with Gasteiger partial charge in [-0.2, -0.15) is 0 Å². The molecule has 0 amide bonds. The second-order valence-corrected chi connectivity index (χ2v) is 5.50. The Morgan fingerprint density at radius 3 is 2.91 bits per heavy atom. The summed E-state index contributed by atoms with van der Waals surface area (Å²) < 4.78 is 16.4. The third-order valence-corrected chi connectivity index (χ3v) is 3.88. The van der Waals surface area contributed by atoms with E-state index in [2.05, 4.69) is 23.7 Å². The SMILES string of the molecule is CC#CC#C/C=C1/O[C@@]2(CC[C@@H](OC(C)=O)CO2)[C@H](O)[C@H]1Cl. The fourth-order valence-corrected chi connectivity index (χ4v) is 2.70. The molecule has 0 aliphatic carbocycles. The zero-order valence-electron chi connectivity index (χ0n) is 12.4. The number of hydrogen-bond donors (Lipinski definition) is 1. The van der Waals surface area contributed by atoms with Crippen LogP contribution in [0.25, 0.3) is 0 Å². The van der Waals surface area contributed by atoms with Crippen molar-refractivity contribution in [3.8, 4) is 23.7 Å². The van der Waals surface area contributed by atoms with E-state index in [1.165, 1.54) is 13.0 Å². The highest BCUT2D eigenvalue weighted by Crippen LogP contribution is 2.43. The first-order valence-corrected chi connectivity index (χ1v) is 7.37. The van der Waals surface area contributed by atoms with Crippen LogP contribution in [0.3, 0.4) is 0 Å². The topological polar surface area (TPSA) is 65.0 Å². The van der Waals surface area contributed by atoms with Crippen molar-refractivity contribution in [1.82, 2.24) is 0 Å². The second-order valence-electron chi connectivity index (χ2n) is 5.03. The lowest BCUT2D eigenvalue weighted by Crippen LogP contribution is -2.50. The first kappa shape index (κ1) is 16.7. The summed E-state index contributed by atoms with van der Waals surface area (Å²) in [4.78, 5) is 10.9. The Kier molecular flexibility index (Phi) is 5.37. The summed E-state index contributed by atoms with van der Waals surface area (Å²) in [6, 6.07) is 0. The second kappa shape index (κ2) is 7.07. The standard InChI is InChI=1S/C16H17ClO5/c1-3-4-5-6-7-13-14(17)15(19)16(22-13)9-8-12(10-20-16)21-11(2)18/h7,12,14-15,19H,8-10H2,1-2H3/b13-7+/t12-,14+,15-,16+/m1/s1. The fraction of sp³-hybridized carbons (Fsp3) is 0.562. The average Bonchev–Trinajstić information content (AvgIpc) is 2.71. The molecule has 1 spiro atoms. The van der Waals surface area contributed by atoms with E-state index in [1.807, 2.05) is 0 Å². The first-order valence-electron chi connectivity index (χ1n) is 6.93. The van der Waals surface area contributed by atoms with E-state index >= 15 is 0 Å². The van der Waals surface area contributed by atoms with Crippen LogP contribution in [-0.2, 0) is 19.0 Å². The Bertz CT molecular complexity index is 581. The minimum absolute atomic E-state index is 0.153.